The van der Waals surface area contributed by atoms with E-state index in [1.807, 2.05) is 12.1 Å². The van der Waals surface area contributed by atoms with Crippen molar-refractivity contribution in [1.82, 2.24) is 4.90 Å². The number of nitrogens with zero attached hydrogens (tertiary/aromatic N) is 1. The van der Waals surface area contributed by atoms with E-state index in [1.165, 1.54) is 5.56 Å². The molecular weight excluding hydrogens is 374 g/mol. The Bertz CT molecular complexity index is 807. The lowest BCUT2D eigenvalue weighted by molar-refractivity contribution is -0.151. The van der Waals surface area contributed by atoms with E-state index in [2.05, 4.69) is 26.0 Å². The van der Waals surface area contributed by atoms with Crippen LogP contribution in [0.25, 0.3) is 0 Å². The first-order valence-corrected chi connectivity index (χ1v) is 10.1. The summed E-state index contributed by atoms with van der Waals surface area (Å²) in [4.78, 5) is 26.7. The Morgan fingerprint density at radius 2 is 1.64 bits per heavy atom. The first-order valence-electron chi connectivity index (χ1n) is 9.74. The van der Waals surface area contributed by atoms with Gasteiger partial charge in [0, 0.05) is 23.7 Å². The summed E-state index contributed by atoms with van der Waals surface area (Å²) in [6, 6.07) is 15.1. The highest BCUT2D eigenvalue weighted by molar-refractivity contribution is 6.30. The fourth-order valence-electron chi connectivity index (χ4n) is 3.36. The second-order valence-corrected chi connectivity index (χ2v) is 8.01. The minimum Gasteiger partial charge on any atom is -0.461 e. The molecule has 2 aromatic rings. The Balaban J connectivity index is 1.47. The molecule has 1 heterocycles. The van der Waals surface area contributed by atoms with Gasteiger partial charge in [-0.3, -0.25) is 9.59 Å². The fraction of sp³-hybridized carbons (Fsp3) is 0.391. The average molecular weight is 400 g/mol. The van der Waals surface area contributed by atoms with Crippen LogP contribution in [-0.2, 0) is 16.1 Å². The van der Waals surface area contributed by atoms with Crippen LogP contribution in [-0.4, -0.2) is 29.9 Å². The summed E-state index contributed by atoms with van der Waals surface area (Å²) in [6.45, 7) is 5.72. The fourth-order valence-corrected chi connectivity index (χ4v) is 3.49. The number of carbonyl (C=O) groups is 2. The summed E-state index contributed by atoms with van der Waals surface area (Å²) in [5.41, 5.74) is 2.89. The maximum absolute atomic E-state index is 12.5. The predicted octanol–water partition coefficient (Wildman–Crippen LogP) is 5.06. The zero-order chi connectivity index (χ0) is 20.1. The number of likely N-dealkylation sites (tertiary alicyclic amines) is 1. The normalized spacial score (nSPS) is 14.9. The van der Waals surface area contributed by atoms with Gasteiger partial charge in [0.1, 0.15) is 6.61 Å². The van der Waals surface area contributed by atoms with Crippen molar-refractivity contribution in [3.8, 4) is 0 Å². The largest absolute Gasteiger partial charge is 0.461 e. The number of carbonyl (C=O) groups excluding carboxylic acids is 2. The standard InChI is InChI=1S/C23H26ClNO3/c1-16(2)18-5-3-17(4-6-18)15-28-23(27)20-11-13-25(14-12-20)22(26)19-7-9-21(24)10-8-19/h3-10,16,20H,11-15H2,1-2H3. The molecule has 1 fully saturated rings. The van der Waals surface area contributed by atoms with Crippen LogP contribution in [0, 0.1) is 5.92 Å². The van der Waals surface area contributed by atoms with Crippen LogP contribution in [0.1, 0.15) is 54.1 Å². The molecule has 3 rings (SSSR count). The topological polar surface area (TPSA) is 46.6 Å². The van der Waals surface area contributed by atoms with Crippen LogP contribution in [0.5, 0.6) is 0 Å². The third-order valence-electron chi connectivity index (χ3n) is 5.23. The molecule has 5 heteroatoms. The van der Waals surface area contributed by atoms with Gasteiger partial charge in [0.15, 0.2) is 0 Å². The van der Waals surface area contributed by atoms with Gasteiger partial charge in [0.25, 0.3) is 5.91 Å². The number of piperidine rings is 1. The molecule has 1 aliphatic rings. The number of hydrogen-bond donors (Lipinski definition) is 0. The molecule has 2 aromatic carbocycles. The second-order valence-electron chi connectivity index (χ2n) is 7.58. The molecule has 0 bridgehead atoms. The number of halogens is 1. The molecule has 0 N–H and O–H groups in total. The van der Waals surface area contributed by atoms with Crippen molar-refractivity contribution in [2.24, 2.45) is 5.92 Å². The molecule has 28 heavy (non-hydrogen) atoms. The maximum atomic E-state index is 12.5. The second kappa shape index (κ2) is 9.24. The molecule has 0 atom stereocenters. The number of benzene rings is 2. The molecule has 0 radical (unpaired) electrons. The summed E-state index contributed by atoms with van der Waals surface area (Å²) in [5.74, 6) is 0.141. The number of hydrogen-bond acceptors (Lipinski definition) is 3. The number of esters is 1. The number of amides is 1. The van der Waals surface area contributed by atoms with Crippen LogP contribution in [0.15, 0.2) is 48.5 Å². The summed E-state index contributed by atoms with van der Waals surface area (Å²) in [6.07, 6.45) is 1.26. The molecule has 0 unspecified atom stereocenters. The molecule has 0 spiro atoms. The van der Waals surface area contributed by atoms with Crippen molar-refractivity contribution in [2.45, 2.75) is 39.2 Å². The van der Waals surface area contributed by atoms with E-state index in [9.17, 15) is 9.59 Å². The molecule has 148 valence electrons. The lowest BCUT2D eigenvalue weighted by Gasteiger charge is -2.31. The average Bonchev–Trinajstić information content (AvgIpc) is 2.72. The van der Waals surface area contributed by atoms with Gasteiger partial charge in [-0.05, 0) is 54.2 Å². The highest BCUT2D eigenvalue weighted by Crippen LogP contribution is 2.22. The molecule has 0 saturated carbocycles. The summed E-state index contributed by atoms with van der Waals surface area (Å²) in [5, 5.41) is 0.608. The first-order chi connectivity index (χ1) is 13.4. The van der Waals surface area contributed by atoms with Crippen LogP contribution < -0.4 is 0 Å². The van der Waals surface area contributed by atoms with Gasteiger partial charge in [-0.1, -0.05) is 49.7 Å². The van der Waals surface area contributed by atoms with E-state index in [4.69, 9.17) is 16.3 Å². The van der Waals surface area contributed by atoms with Crippen LogP contribution in [0.2, 0.25) is 5.02 Å². The lowest BCUT2D eigenvalue weighted by Crippen LogP contribution is -2.40. The Labute approximate surface area is 171 Å². The van der Waals surface area contributed by atoms with Crippen molar-refractivity contribution in [3.05, 3.63) is 70.2 Å². The van der Waals surface area contributed by atoms with E-state index < -0.39 is 0 Å². The SMILES string of the molecule is CC(C)c1ccc(COC(=O)C2CCN(C(=O)c3ccc(Cl)cc3)CC2)cc1. The third kappa shape index (κ3) is 5.14. The van der Waals surface area contributed by atoms with E-state index in [0.717, 1.165) is 5.56 Å². The van der Waals surface area contributed by atoms with Gasteiger partial charge in [0.2, 0.25) is 0 Å². The third-order valence-corrected chi connectivity index (χ3v) is 5.49. The molecule has 1 aliphatic heterocycles. The lowest BCUT2D eigenvalue weighted by atomic mass is 9.96. The highest BCUT2D eigenvalue weighted by atomic mass is 35.5. The van der Waals surface area contributed by atoms with Gasteiger partial charge in [0.05, 0.1) is 5.92 Å². The Morgan fingerprint density at radius 3 is 2.21 bits per heavy atom. The maximum Gasteiger partial charge on any atom is 0.309 e. The minimum atomic E-state index is -0.175. The van der Waals surface area contributed by atoms with E-state index in [-0.39, 0.29) is 17.8 Å². The molecule has 0 aromatic heterocycles. The van der Waals surface area contributed by atoms with Crippen LogP contribution >= 0.6 is 11.6 Å². The van der Waals surface area contributed by atoms with Crippen LogP contribution in [0.4, 0.5) is 0 Å². The molecule has 0 aliphatic carbocycles. The zero-order valence-electron chi connectivity index (χ0n) is 16.4. The van der Waals surface area contributed by atoms with Crippen LogP contribution in [0.3, 0.4) is 0 Å². The molecule has 1 saturated heterocycles. The Hall–Kier alpha value is -2.33. The summed E-state index contributed by atoms with van der Waals surface area (Å²) >= 11 is 5.88. The number of ether oxygens (including phenoxy) is 1. The van der Waals surface area contributed by atoms with Gasteiger partial charge in [-0.2, -0.15) is 0 Å². The molecule has 4 nitrogen and oxygen atoms in total. The molecule has 1 amide bonds. The van der Waals surface area contributed by atoms with Gasteiger partial charge in [-0.25, -0.2) is 0 Å². The van der Waals surface area contributed by atoms with Crippen molar-refractivity contribution in [2.75, 3.05) is 13.1 Å². The monoisotopic (exact) mass is 399 g/mol. The quantitative estimate of drug-likeness (QED) is 0.660. The molecular formula is C23H26ClNO3. The van der Waals surface area contributed by atoms with E-state index >= 15 is 0 Å². The number of rotatable bonds is 5. The van der Waals surface area contributed by atoms with E-state index in [1.54, 1.807) is 29.2 Å². The van der Waals surface area contributed by atoms with Gasteiger partial charge < -0.3 is 9.64 Å². The summed E-state index contributed by atoms with van der Waals surface area (Å²) < 4.78 is 5.50. The zero-order valence-corrected chi connectivity index (χ0v) is 17.1. The smallest absolute Gasteiger partial charge is 0.309 e. The first kappa shape index (κ1) is 20.4. The van der Waals surface area contributed by atoms with Crippen molar-refractivity contribution < 1.29 is 14.3 Å². The van der Waals surface area contributed by atoms with Crippen molar-refractivity contribution >= 4 is 23.5 Å². The summed E-state index contributed by atoms with van der Waals surface area (Å²) in [7, 11) is 0. The van der Waals surface area contributed by atoms with Crippen molar-refractivity contribution in [3.63, 3.8) is 0 Å². The Morgan fingerprint density at radius 1 is 1.04 bits per heavy atom. The highest BCUT2D eigenvalue weighted by Gasteiger charge is 2.28. The van der Waals surface area contributed by atoms with Gasteiger partial charge >= 0.3 is 5.97 Å². The minimum absolute atomic E-state index is 0.0197. The predicted molar refractivity (Wildman–Crippen MR) is 110 cm³/mol. The van der Waals surface area contributed by atoms with Crippen molar-refractivity contribution in [1.29, 1.82) is 0 Å². The Kier molecular flexibility index (Phi) is 6.74. The van der Waals surface area contributed by atoms with Gasteiger partial charge in [-0.15, -0.1) is 0 Å². The van der Waals surface area contributed by atoms with E-state index in [0.29, 0.717) is 49.0 Å².